The molecule has 2 heterocycles. The van der Waals surface area contributed by atoms with E-state index in [9.17, 15) is 18.3 Å². The first-order chi connectivity index (χ1) is 15.9. The first kappa shape index (κ1) is 20.5. The zero-order chi connectivity index (χ0) is 23.1. The van der Waals surface area contributed by atoms with Gasteiger partial charge in [-0.05, 0) is 42.8 Å². The maximum Gasteiger partial charge on any atom is 0.187 e. The molecular formula is C24H15F3N4O2. The molecule has 0 saturated carbocycles. The number of nitrogens with zero attached hydrogens (tertiary/aromatic N) is 4. The van der Waals surface area contributed by atoms with Crippen molar-refractivity contribution in [1.82, 2.24) is 20.0 Å². The number of ether oxygens (including phenoxy) is 1. The zero-order valence-corrected chi connectivity index (χ0v) is 17.1. The summed E-state index contributed by atoms with van der Waals surface area (Å²) in [4.78, 5) is 4.58. The summed E-state index contributed by atoms with van der Waals surface area (Å²) in [6, 6.07) is 15.3. The van der Waals surface area contributed by atoms with Crippen LogP contribution in [0.1, 0.15) is 5.56 Å². The third kappa shape index (κ3) is 3.84. The molecule has 5 aromatic rings. The van der Waals surface area contributed by atoms with Gasteiger partial charge in [-0.1, -0.05) is 17.3 Å². The highest BCUT2D eigenvalue weighted by molar-refractivity contribution is 5.87. The quantitative estimate of drug-likeness (QED) is 0.382. The fourth-order valence-electron chi connectivity index (χ4n) is 3.31. The highest BCUT2D eigenvalue weighted by Gasteiger charge is 2.14. The Labute approximate surface area is 185 Å². The highest BCUT2D eigenvalue weighted by atomic mass is 19.1. The predicted molar refractivity (Wildman–Crippen MR) is 115 cm³/mol. The minimum Gasteiger partial charge on any atom is -0.503 e. The maximum absolute atomic E-state index is 13.9. The van der Waals surface area contributed by atoms with Crippen LogP contribution < -0.4 is 4.74 Å². The average molecular weight is 448 g/mol. The maximum atomic E-state index is 13.9. The smallest absolute Gasteiger partial charge is 0.187 e. The van der Waals surface area contributed by atoms with E-state index in [0.717, 1.165) is 12.1 Å². The molecule has 0 aliphatic carbocycles. The van der Waals surface area contributed by atoms with E-state index in [1.807, 2.05) is 0 Å². The van der Waals surface area contributed by atoms with E-state index in [-0.39, 0.29) is 11.5 Å². The van der Waals surface area contributed by atoms with E-state index >= 15 is 0 Å². The minimum atomic E-state index is -1.10. The lowest BCUT2D eigenvalue weighted by molar-refractivity contribution is 0.395. The SMILES string of the molecule is Cc1ccc(Oc2cccc3nc(-c4cn(-c5cc(F)c(O)c(F)c5)nn4)ccc23)cc1F. The van der Waals surface area contributed by atoms with Crippen molar-refractivity contribution in [3.05, 3.63) is 89.9 Å². The highest BCUT2D eigenvalue weighted by Crippen LogP contribution is 2.31. The number of aryl methyl sites for hydroxylation is 1. The molecule has 0 aliphatic heterocycles. The fourth-order valence-corrected chi connectivity index (χ4v) is 3.31. The second-order valence-corrected chi connectivity index (χ2v) is 7.34. The normalized spacial score (nSPS) is 11.2. The summed E-state index contributed by atoms with van der Waals surface area (Å²) in [5.74, 6) is -2.75. The van der Waals surface area contributed by atoms with Gasteiger partial charge in [-0.25, -0.2) is 22.8 Å². The van der Waals surface area contributed by atoms with Gasteiger partial charge >= 0.3 is 0 Å². The van der Waals surface area contributed by atoms with Gasteiger partial charge in [-0.3, -0.25) is 0 Å². The summed E-state index contributed by atoms with van der Waals surface area (Å²) in [7, 11) is 0. The number of hydrogen-bond donors (Lipinski definition) is 1. The third-order valence-electron chi connectivity index (χ3n) is 5.09. The van der Waals surface area contributed by atoms with Crippen LogP contribution in [0.5, 0.6) is 17.2 Å². The Kier molecular flexibility index (Phi) is 4.93. The van der Waals surface area contributed by atoms with Crippen molar-refractivity contribution < 1.29 is 23.0 Å². The van der Waals surface area contributed by atoms with E-state index in [1.54, 1.807) is 49.4 Å². The number of fused-ring (bicyclic) bond motifs is 1. The summed E-state index contributed by atoms with van der Waals surface area (Å²) in [5, 5.41) is 17.9. The molecule has 0 aliphatic rings. The van der Waals surface area contributed by atoms with E-state index in [4.69, 9.17) is 4.74 Å². The number of benzene rings is 3. The van der Waals surface area contributed by atoms with Crippen LogP contribution in [0.2, 0.25) is 0 Å². The van der Waals surface area contributed by atoms with Gasteiger partial charge in [0.25, 0.3) is 0 Å². The summed E-state index contributed by atoms with van der Waals surface area (Å²) >= 11 is 0. The summed E-state index contributed by atoms with van der Waals surface area (Å²) in [5.41, 5.74) is 2.04. The summed E-state index contributed by atoms with van der Waals surface area (Å²) < 4.78 is 48.2. The van der Waals surface area contributed by atoms with Crippen LogP contribution in [0, 0.1) is 24.4 Å². The standard InChI is InChI=1S/C24H15F3N4O2/c1-13-5-6-15(11-17(13)25)33-23-4-2-3-20-16(23)7-8-21(28-20)22-12-31(30-29-22)14-9-18(26)24(32)19(27)10-14/h2-12,32H,1H3. The Morgan fingerprint density at radius 2 is 1.67 bits per heavy atom. The van der Waals surface area contributed by atoms with Crippen LogP contribution in [0.25, 0.3) is 28.0 Å². The van der Waals surface area contributed by atoms with E-state index in [0.29, 0.717) is 39.4 Å². The molecule has 164 valence electrons. The largest absolute Gasteiger partial charge is 0.503 e. The molecule has 0 unspecified atom stereocenters. The first-order valence-electron chi connectivity index (χ1n) is 9.84. The number of hydrogen-bond acceptors (Lipinski definition) is 5. The monoisotopic (exact) mass is 448 g/mol. The second-order valence-electron chi connectivity index (χ2n) is 7.34. The lowest BCUT2D eigenvalue weighted by Crippen LogP contribution is -1.97. The Bertz CT molecular complexity index is 1490. The van der Waals surface area contributed by atoms with Gasteiger partial charge in [-0.2, -0.15) is 0 Å². The summed E-state index contributed by atoms with van der Waals surface area (Å²) in [6.07, 6.45) is 1.47. The van der Waals surface area contributed by atoms with Crippen LogP contribution in [-0.2, 0) is 0 Å². The van der Waals surface area contributed by atoms with Crippen molar-refractivity contribution >= 4 is 10.9 Å². The van der Waals surface area contributed by atoms with Crippen LogP contribution in [0.4, 0.5) is 13.2 Å². The molecule has 33 heavy (non-hydrogen) atoms. The molecule has 0 fully saturated rings. The number of aromatic hydroxyl groups is 1. The molecule has 0 atom stereocenters. The number of halogens is 3. The molecule has 0 spiro atoms. The Hall–Kier alpha value is -4.40. The van der Waals surface area contributed by atoms with Gasteiger partial charge in [0.1, 0.15) is 23.0 Å². The Morgan fingerprint density at radius 3 is 2.42 bits per heavy atom. The lowest BCUT2D eigenvalue weighted by atomic mass is 10.1. The van der Waals surface area contributed by atoms with Crippen LogP contribution >= 0.6 is 0 Å². The molecular weight excluding hydrogens is 433 g/mol. The Balaban J connectivity index is 1.48. The zero-order valence-electron chi connectivity index (χ0n) is 17.1. The minimum absolute atomic E-state index is 0.0587. The van der Waals surface area contributed by atoms with Crippen molar-refractivity contribution in [3.63, 3.8) is 0 Å². The van der Waals surface area contributed by atoms with Crippen molar-refractivity contribution in [2.45, 2.75) is 6.92 Å². The molecule has 0 bridgehead atoms. The van der Waals surface area contributed by atoms with Gasteiger partial charge < -0.3 is 9.84 Å². The van der Waals surface area contributed by atoms with Gasteiger partial charge in [0.05, 0.1) is 23.1 Å². The number of rotatable bonds is 4. The molecule has 2 aromatic heterocycles. The van der Waals surface area contributed by atoms with Crippen molar-refractivity contribution in [1.29, 1.82) is 0 Å². The number of phenols is 1. The first-order valence-corrected chi connectivity index (χ1v) is 9.84. The molecule has 0 saturated heterocycles. The molecule has 0 radical (unpaired) electrons. The third-order valence-corrected chi connectivity index (χ3v) is 5.09. The van der Waals surface area contributed by atoms with Gasteiger partial charge in [0, 0.05) is 23.6 Å². The average Bonchev–Trinajstić information content (AvgIpc) is 3.30. The van der Waals surface area contributed by atoms with Crippen LogP contribution in [-0.4, -0.2) is 25.1 Å². The van der Waals surface area contributed by atoms with E-state index in [2.05, 4.69) is 15.3 Å². The Morgan fingerprint density at radius 1 is 0.879 bits per heavy atom. The molecule has 3 aromatic carbocycles. The van der Waals surface area contributed by atoms with E-state index < -0.39 is 17.4 Å². The van der Waals surface area contributed by atoms with Crippen molar-refractivity contribution in [2.75, 3.05) is 0 Å². The number of pyridine rings is 1. The van der Waals surface area contributed by atoms with Gasteiger partial charge in [0.15, 0.2) is 17.4 Å². The summed E-state index contributed by atoms with van der Waals surface area (Å²) in [6.45, 7) is 1.67. The molecule has 0 amide bonds. The number of aromatic nitrogens is 4. The van der Waals surface area contributed by atoms with E-state index in [1.165, 1.54) is 16.9 Å². The van der Waals surface area contributed by atoms with Gasteiger partial charge in [-0.15, -0.1) is 5.10 Å². The van der Waals surface area contributed by atoms with Gasteiger partial charge in [0.2, 0.25) is 0 Å². The predicted octanol–water partition coefficient (Wildman–Crippen LogP) is 5.71. The van der Waals surface area contributed by atoms with Crippen molar-refractivity contribution in [3.8, 4) is 34.3 Å². The van der Waals surface area contributed by atoms with Crippen LogP contribution in [0.15, 0.2) is 66.9 Å². The van der Waals surface area contributed by atoms with Crippen molar-refractivity contribution in [2.24, 2.45) is 0 Å². The van der Waals surface area contributed by atoms with Crippen LogP contribution in [0.3, 0.4) is 0 Å². The topological polar surface area (TPSA) is 73.1 Å². The molecule has 9 heteroatoms. The molecule has 6 nitrogen and oxygen atoms in total. The second kappa shape index (κ2) is 7.94. The fraction of sp³-hybridized carbons (Fsp3) is 0.0417. The molecule has 1 N–H and O–H groups in total. The number of phenolic OH excluding ortho intramolecular Hbond substituents is 1. The lowest BCUT2D eigenvalue weighted by Gasteiger charge is -2.10. The molecule has 5 rings (SSSR count).